The second-order valence-electron chi connectivity index (χ2n) is 12.4. The molecule has 2 heteroatoms. The van der Waals surface area contributed by atoms with E-state index in [0.717, 1.165) is 0 Å². The molecule has 2 aliphatic carbocycles. The maximum absolute atomic E-state index is 2.57. The molecule has 10 rings (SSSR count). The van der Waals surface area contributed by atoms with Gasteiger partial charge in [-0.2, -0.15) is 0 Å². The lowest BCUT2D eigenvalue weighted by Gasteiger charge is -2.41. The molecular formula is C39H28N2+2. The van der Waals surface area contributed by atoms with Gasteiger partial charge in [0.2, 0.25) is 11.4 Å². The molecule has 0 N–H and O–H groups in total. The van der Waals surface area contributed by atoms with Crippen LogP contribution in [0.15, 0.2) is 116 Å². The molecule has 1 atom stereocenters. The van der Waals surface area contributed by atoms with Gasteiger partial charge in [-0.1, -0.05) is 66.7 Å². The summed E-state index contributed by atoms with van der Waals surface area (Å²) in [6, 6.07) is 39.6. The van der Waals surface area contributed by atoms with Crippen LogP contribution < -0.4 is 9.13 Å². The highest BCUT2D eigenvalue weighted by Crippen LogP contribution is 2.65. The number of benzene rings is 4. The number of aromatic nitrogens is 2. The topological polar surface area (TPSA) is 7.76 Å². The Morgan fingerprint density at radius 1 is 0.439 bits per heavy atom. The summed E-state index contributed by atoms with van der Waals surface area (Å²) in [4.78, 5) is 0. The first-order chi connectivity index (χ1) is 20.1. The van der Waals surface area contributed by atoms with E-state index in [1.54, 1.807) is 0 Å². The van der Waals surface area contributed by atoms with Crippen molar-refractivity contribution in [1.82, 2.24) is 0 Å². The van der Waals surface area contributed by atoms with Crippen LogP contribution in [0.2, 0.25) is 0 Å². The second-order valence-corrected chi connectivity index (χ2v) is 12.4. The molecule has 0 saturated carbocycles. The fourth-order valence-electron chi connectivity index (χ4n) is 8.99. The molecule has 192 valence electrons. The van der Waals surface area contributed by atoms with Gasteiger partial charge in [0.15, 0.2) is 12.4 Å². The minimum Gasteiger partial charge on any atom is -0.125 e. The summed E-state index contributed by atoms with van der Waals surface area (Å²) < 4.78 is 5.14. The molecule has 0 radical (unpaired) electrons. The van der Waals surface area contributed by atoms with Crippen molar-refractivity contribution in [2.24, 2.45) is 0 Å². The second kappa shape index (κ2) is 6.90. The number of hydrogen-bond donors (Lipinski definition) is 0. The van der Waals surface area contributed by atoms with E-state index in [1.807, 2.05) is 0 Å². The van der Waals surface area contributed by atoms with Crippen LogP contribution in [-0.4, -0.2) is 0 Å². The molecule has 1 unspecified atom stereocenters. The Balaban J connectivity index is 1.52. The molecule has 4 aliphatic rings. The third-order valence-corrected chi connectivity index (χ3v) is 10.3. The highest BCUT2D eigenvalue weighted by Gasteiger charge is 2.73. The number of fused-ring (bicyclic) bond motifs is 11. The van der Waals surface area contributed by atoms with Gasteiger partial charge in [0.1, 0.15) is 11.1 Å². The zero-order chi connectivity index (χ0) is 27.2. The largest absolute Gasteiger partial charge is 0.418 e. The number of nitrogens with zero attached hydrogens (tertiary/aromatic N) is 2. The molecule has 4 aromatic carbocycles. The fraction of sp³-hybridized carbons (Fsp3) is 0.128. The first-order valence-electron chi connectivity index (χ1n) is 14.6. The molecule has 0 saturated heterocycles. The Morgan fingerprint density at radius 3 is 1.63 bits per heavy atom. The summed E-state index contributed by atoms with van der Waals surface area (Å²) in [5.74, 6) is 0. The van der Waals surface area contributed by atoms with Crippen LogP contribution in [0.3, 0.4) is 0 Å². The lowest BCUT2D eigenvalue weighted by molar-refractivity contribution is -0.955. The van der Waals surface area contributed by atoms with E-state index < -0.39 is 11.1 Å². The third-order valence-electron chi connectivity index (χ3n) is 10.3. The molecule has 6 aromatic rings. The van der Waals surface area contributed by atoms with Crippen molar-refractivity contribution in [2.45, 2.75) is 31.8 Å². The lowest BCUT2D eigenvalue weighted by Crippen LogP contribution is -2.73. The summed E-state index contributed by atoms with van der Waals surface area (Å²) in [5, 5.41) is 0. The molecule has 41 heavy (non-hydrogen) atoms. The van der Waals surface area contributed by atoms with Crippen molar-refractivity contribution < 1.29 is 9.13 Å². The van der Waals surface area contributed by atoms with Gasteiger partial charge in [-0.25, -0.2) is 0 Å². The van der Waals surface area contributed by atoms with Crippen LogP contribution in [0.1, 0.15) is 50.1 Å². The van der Waals surface area contributed by atoms with E-state index in [0.29, 0.717) is 0 Å². The van der Waals surface area contributed by atoms with Crippen LogP contribution in [0, 0.1) is 20.8 Å². The minimum absolute atomic E-state index is 0.395. The first kappa shape index (κ1) is 21.9. The Bertz CT molecular complexity index is 2160. The minimum atomic E-state index is -0.478. The maximum Gasteiger partial charge on any atom is 0.418 e. The number of rotatable bonds is 0. The predicted octanol–water partition coefficient (Wildman–Crippen LogP) is 7.12. The predicted molar refractivity (Wildman–Crippen MR) is 161 cm³/mol. The zero-order valence-electron chi connectivity index (χ0n) is 23.4. The smallest absolute Gasteiger partial charge is 0.125 e. The van der Waals surface area contributed by atoms with Crippen molar-refractivity contribution in [3.8, 4) is 33.6 Å². The summed E-state index contributed by atoms with van der Waals surface area (Å²) in [7, 11) is 0. The number of aryl methyl sites for hydroxylation is 3. The monoisotopic (exact) mass is 524 g/mol. The first-order valence-corrected chi connectivity index (χ1v) is 14.6. The average molecular weight is 525 g/mol. The van der Waals surface area contributed by atoms with Gasteiger partial charge in [0.05, 0.1) is 16.5 Å². The van der Waals surface area contributed by atoms with Crippen molar-refractivity contribution in [1.29, 1.82) is 0 Å². The van der Waals surface area contributed by atoms with Crippen molar-refractivity contribution in [3.63, 3.8) is 0 Å². The molecule has 0 bridgehead atoms. The van der Waals surface area contributed by atoms with Crippen molar-refractivity contribution in [2.75, 3.05) is 0 Å². The highest BCUT2D eigenvalue weighted by molar-refractivity contribution is 5.92. The Kier molecular flexibility index (Phi) is 3.69. The van der Waals surface area contributed by atoms with Crippen LogP contribution in [0.4, 0.5) is 0 Å². The quantitative estimate of drug-likeness (QED) is 0.187. The Morgan fingerprint density at radius 2 is 0.976 bits per heavy atom. The molecule has 2 aromatic heterocycles. The van der Waals surface area contributed by atoms with Gasteiger partial charge < -0.3 is 0 Å². The summed E-state index contributed by atoms with van der Waals surface area (Å²) >= 11 is 0. The maximum atomic E-state index is 2.57. The number of pyridine rings is 2. The molecular weight excluding hydrogens is 496 g/mol. The van der Waals surface area contributed by atoms with Gasteiger partial charge in [0.25, 0.3) is 0 Å². The standard InChI is InChI=1S/C39H28N2/c1-23-15-17-40-34(21-23)28-11-8-14-32-36(28)39(40)37-29(35-22-24(2)16-18-41(35)39)19-25(3)20-33(37)38(32)30-12-6-4-9-26(30)27-10-5-7-13-31(27)38/h4-22H,1-3H3/q+2. The molecule has 4 heterocycles. The van der Waals surface area contributed by atoms with Gasteiger partial charge in [-0.15, -0.1) is 9.13 Å². The summed E-state index contributed by atoms with van der Waals surface area (Å²) in [6.45, 7) is 6.69. The van der Waals surface area contributed by atoms with Crippen molar-refractivity contribution in [3.05, 3.63) is 166 Å². The Labute approximate surface area is 239 Å². The van der Waals surface area contributed by atoms with Gasteiger partial charge in [-0.05, 0) is 83.0 Å². The summed E-state index contributed by atoms with van der Waals surface area (Å²) in [6.07, 6.45) is 4.67. The third kappa shape index (κ3) is 2.18. The molecule has 0 amide bonds. The highest BCUT2D eigenvalue weighted by atomic mass is 15.3. The molecule has 2 aliphatic heterocycles. The molecule has 2 nitrogen and oxygen atoms in total. The molecule has 0 fully saturated rings. The van der Waals surface area contributed by atoms with Crippen LogP contribution in [0.25, 0.3) is 33.6 Å². The van der Waals surface area contributed by atoms with E-state index in [1.165, 1.54) is 83.7 Å². The van der Waals surface area contributed by atoms with E-state index in [2.05, 4.69) is 145 Å². The normalized spacial score (nSPS) is 18.4. The van der Waals surface area contributed by atoms with Crippen LogP contribution in [0.5, 0.6) is 0 Å². The SMILES string of the molecule is Cc1cc2c3c(c1)C1(c4ccccc4-c4ccccc41)c1cccc4c1C3([n+]1ccc(C)cc1-4)[n+]1ccc(C)cc1-2. The van der Waals surface area contributed by atoms with Gasteiger partial charge in [0, 0.05) is 24.3 Å². The fourth-order valence-corrected chi connectivity index (χ4v) is 8.99. The summed E-state index contributed by atoms with van der Waals surface area (Å²) in [5.41, 5.74) is 19.4. The van der Waals surface area contributed by atoms with E-state index >= 15 is 0 Å². The van der Waals surface area contributed by atoms with Crippen LogP contribution >= 0.6 is 0 Å². The van der Waals surface area contributed by atoms with E-state index in [9.17, 15) is 0 Å². The van der Waals surface area contributed by atoms with Gasteiger partial charge >= 0.3 is 5.66 Å². The van der Waals surface area contributed by atoms with Crippen molar-refractivity contribution >= 4 is 0 Å². The Hall–Kier alpha value is -4.82. The van der Waals surface area contributed by atoms with Gasteiger partial charge in [-0.3, -0.25) is 0 Å². The lowest BCUT2D eigenvalue weighted by atomic mass is 9.58. The zero-order valence-corrected chi connectivity index (χ0v) is 23.4. The van der Waals surface area contributed by atoms with E-state index in [4.69, 9.17) is 0 Å². The van der Waals surface area contributed by atoms with Crippen LogP contribution in [-0.2, 0) is 11.1 Å². The molecule has 2 spiro atoms. The average Bonchev–Trinajstić information content (AvgIpc) is 3.56. The van der Waals surface area contributed by atoms with E-state index in [-0.39, 0.29) is 0 Å². The number of hydrogen-bond acceptors (Lipinski definition) is 0.